The average molecular weight is 343 g/mol. The first-order valence-electron chi connectivity index (χ1n) is 7.53. The number of hydrogen-bond acceptors (Lipinski definition) is 2. The fourth-order valence-electron chi connectivity index (χ4n) is 3.19. The van der Waals surface area contributed by atoms with Crippen LogP contribution in [0, 0.1) is 11.7 Å². The van der Waals surface area contributed by atoms with E-state index >= 15 is 0 Å². The normalized spacial score (nSPS) is 19.8. The second-order valence-corrected chi connectivity index (χ2v) is 6.43. The zero-order valence-electron chi connectivity index (χ0n) is 12.3. The predicted octanol–water partition coefficient (Wildman–Crippen LogP) is 3.97. The lowest BCUT2D eigenvalue weighted by atomic mass is 9.89. The Morgan fingerprint density at radius 2 is 2.05 bits per heavy atom. The number of nitrogens with zero attached hydrogens (tertiary/aromatic N) is 1. The molecule has 1 aliphatic rings. The molecule has 0 saturated carbocycles. The number of piperazine rings is 1. The zero-order valence-corrected chi connectivity index (χ0v) is 13.9. The van der Waals surface area contributed by atoms with E-state index < -0.39 is 0 Å². The number of rotatable bonds is 5. The van der Waals surface area contributed by atoms with E-state index in [1.54, 1.807) is 0 Å². The summed E-state index contributed by atoms with van der Waals surface area (Å²) in [6.07, 6.45) is 2.33. The maximum Gasteiger partial charge on any atom is 0.137 e. The highest BCUT2D eigenvalue weighted by Gasteiger charge is 2.28. The summed E-state index contributed by atoms with van der Waals surface area (Å²) < 4.78 is 14.5. The van der Waals surface area contributed by atoms with E-state index in [1.165, 1.54) is 6.07 Å². The molecule has 0 aliphatic carbocycles. The van der Waals surface area contributed by atoms with Crippen LogP contribution in [0.5, 0.6) is 0 Å². The van der Waals surface area contributed by atoms with Gasteiger partial charge in [-0.2, -0.15) is 0 Å². The first-order valence-corrected chi connectivity index (χ1v) is 8.33. The lowest BCUT2D eigenvalue weighted by Gasteiger charge is -2.39. The molecule has 2 atom stereocenters. The molecule has 0 bridgehead atoms. The Morgan fingerprint density at radius 1 is 1.35 bits per heavy atom. The van der Waals surface area contributed by atoms with Crippen molar-refractivity contribution in [1.29, 1.82) is 0 Å². The monoisotopic (exact) mass is 342 g/mol. The molecular formula is C16H24BrFN2. The largest absolute Gasteiger partial charge is 0.314 e. The quantitative estimate of drug-likeness (QED) is 0.870. The Balaban J connectivity index is 2.31. The van der Waals surface area contributed by atoms with Crippen molar-refractivity contribution in [2.24, 2.45) is 5.92 Å². The first-order chi connectivity index (χ1) is 9.65. The summed E-state index contributed by atoms with van der Waals surface area (Å²) in [5.74, 6) is 0.363. The van der Waals surface area contributed by atoms with Crippen molar-refractivity contribution in [1.82, 2.24) is 10.2 Å². The fraction of sp³-hybridized carbons (Fsp3) is 0.625. The van der Waals surface area contributed by atoms with Crippen LogP contribution in [0.25, 0.3) is 0 Å². The standard InChI is InChI=1S/C16H24BrFN2/c1-3-5-12(2)16(20-10-8-19-9-11-20)13-6-4-7-14(18)15(13)17/h4,6-7,12,16,19H,3,5,8-11H2,1-2H3/t12?,16-/m0/s1. The summed E-state index contributed by atoms with van der Waals surface area (Å²) >= 11 is 3.45. The maximum absolute atomic E-state index is 13.9. The van der Waals surface area contributed by atoms with Gasteiger partial charge < -0.3 is 5.32 Å². The SMILES string of the molecule is CCCC(C)[C@@H](c1cccc(F)c1Br)N1CCNCC1. The zero-order chi connectivity index (χ0) is 14.5. The van der Waals surface area contributed by atoms with E-state index in [9.17, 15) is 4.39 Å². The van der Waals surface area contributed by atoms with Gasteiger partial charge in [0.2, 0.25) is 0 Å². The molecule has 0 amide bonds. The smallest absolute Gasteiger partial charge is 0.137 e. The van der Waals surface area contributed by atoms with Gasteiger partial charge in [-0.25, -0.2) is 4.39 Å². The summed E-state index contributed by atoms with van der Waals surface area (Å²) in [6.45, 7) is 8.59. The molecule has 1 N–H and O–H groups in total. The van der Waals surface area contributed by atoms with Gasteiger partial charge in [0.25, 0.3) is 0 Å². The van der Waals surface area contributed by atoms with Crippen molar-refractivity contribution in [2.75, 3.05) is 26.2 Å². The summed E-state index contributed by atoms with van der Waals surface area (Å²) in [4.78, 5) is 2.50. The lowest BCUT2D eigenvalue weighted by molar-refractivity contribution is 0.125. The molecule has 4 heteroatoms. The minimum atomic E-state index is -0.161. The highest BCUT2D eigenvalue weighted by molar-refractivity contribution is 9.10. The van der Waals surface area contributed by atoms with Gasteiger partial charge >= 0.3 is 0 Å². The van der Waals surface area contributed by atoms with Crippen LogP contribution in [0.1, 0.15) is 38.3 Å². The van der Waals surface area contributed by atoms with Crippen LogP contribution in [-0.4, -0.2) is 31.1 Å². The Labute approximate surface area is 129 Å². The number of halogens is 2. The fourth-order valence-corrected chi connectivity index (χ4v) is 3.68. The molecule has 1 unspecified atom stereocenters. The van der Waals surface area contributed by atoms with E-state index in [4.69, 9.17) is 0 Å². The number of hydrogen-bond donors (Lipinski definition) is 1. The van der Waals surface area contributed by atoms with Gasteiger partial charge in [0.1, 0.15) is 5.82 Å². The third-order valence-electron chi connectivity index (χ3n) is 4.13. The molecule has 2 nitrogen and oxygen atoms in total. The summed E-state index contributed by atoms with van der Waals surface area (Å²) in [5.41, 5.74) is 1.09. The maximum atomic E-state index is 13.9. The molecule has 112 valence electrons. The van der Waals surface area contributed by atoms with E-state index in [2.05, 4.69) is 46.1 Å². The van der Waals surface area contributed by atoms with Gasteiger partial charge in [0, 0.05) is 32.2 Å². The molecule has 1 aliphatic heterocycles. The Morgan fingerprint density at radius 3 is 2.70 bits per heavy atom. The molecule has 0 radical (unpaired) electrons. The van der Waals surface area contributed by atoms with Crippen molar-refractivity contribution < 1.29 is 4.39 Å². The van der Waals surface area contributed by atoms with Crippen LogP contribution in [0.2, 0.25) is 0 Å². The van der Waals surface area contributed by atoms with Crippen molar-refractivity contribution in [3.8, 4) is 0 Å². The van der Waals surface area contributed by atoms with Crippen LogP contribution in [-0.2, 0) is 0 Å². The molecule has 1 fully saturated rings. The molecule has 20 heavy (non-hydrogen) atoms. The van der Waals surface area contributed by atoms with Crippen molar-refractivity contribution in [2.45, 2.75) is 32.7 Å². The lowest BCUT2D eigenvalue weighted by Crippen LogP contribution is -2.46. The van der Waals surface area contributed by atoms with E-state index in [1.807, 2.05) is 6.07 Å². The Bertz CT molecular complexity index is 432. The molecular weight excluding hydrogens is 319 g/mol. The predicted molar refractivity (Wildman–Crippen MR) is 85.4 cm³/mol. The van der Waals surface area contributed by atoms with Gasteiger partial charge in [-0.15, -0.1) is 0 Å². The van der Waals surface area contributed by atoms with E-state index in [0.717, 1.165) is 44.6 Å². The summed E-state index contributed by atoms with van der Waals surface area (Å²) in [7, 11) is 0. The number of benzene rings is 1. The van der Waals surface area contributed by atoms with Gasteiger partial charge in [-0.1, -0.05) is 32.4 Å². The second kappa shape index (κ2) is 7.53. The molecule has 0 spiro atoms. The van der Waals surface area contributed by atoms with Gasteiger partial charge in [0.05, 0.1) is 4.47 Å². The molecule has 0 aromatic heterocycles. The molecule has 1 heterocycles. The van der Waals surface area contributed by atoms with Crippen LogP contribution in [0.4, 0.5) is 4.39 Å². The molecule has 1 aromatic carbocycles. The first kappa shape index (κ1) is 15.9. The number of nitrogens with one attached hydrogen (secondary N) is 1. The topological polar surface area (TPSA) is 15.3 Å². The van der Waals surface area contributed by atoms with Crippen LogP contribution in [0.3, 0.4) is 0 Å². The minimum Gasteiger partial charge on any atom is -0.314 e. The molecule has 1 aromatic rings. The summed E-state index contributed by atoms with van der Waals surface area (Å²) in [5, 5.41) is 3.39. The van der Waals surface area contributed by atoms with Gasteiger partial charge in [-0.3, -0.25) is 4.90 Å². The third-order valence-corrected chi connectivity index (χ3v) is 4.96. The average Bonchev–Trinajstić information content (AvgIpc) is 2.45. The van der Waals surface area contributed by atoms with Crippen molar-refractivity contribution in [3.05, 3.63) is 34.1 Å². The van der Waals surface area contributed by atoms with Gasteiger partial charge in [-0.05, 0) is 39.9 Å². The van der Waals surface area contributed by atoms with E-state index in [-0.39, 0.29) is 5.82 Å². The highest BCUT2D eigenvalue weighted by atomic mass is 79.9. The Hall–Kier alpha value is -0.450. The minimum absolute atomic E-state index is 0.161. The highest BCUT2D eigenvalue weighted by Crippen LogP contribution is 2.36. The van der Waals surface area contributed by atoms with Crippen molar-refractivity contribution >= 4 is 15.9 Å². The Kier molecular flexibility index (Phi) is 6.00. The van der Waals surface area contributed by atoms with Crippen LogP contribution in [0.15, 0.2) is 22.7 Å². The third kappa shape index (κ3) is 3.60. The molecule has 2 rings (SSSR count). The summed E-state index contributed by atoms with van der Waals surface area (Å²) in [6, 6.07) is 5.70. The van der Waals surface area contributed by atoms with Crippen LogP contribution < -0.4 is 5.32 Å². The second-order valence-electron chi connectivity index (χ2n) is 5.64. The van der Waals surface area contributed by atoms with Gasteiger partial charge in [0.15, 0.2) is 0 Å². The van der Waals surface area contributed by atoms with Crippen LogP contribution >= 0.6 is 15.9 Å². The molecule has 1 saturated heterocycles. The van der Waals surface area contributed by atoms with Crippen molar-refractivity contribution in [3.63, 3.8) is 0 Å². The van der Waals surface area contributed by atoms with E-state index in [0.29, 0.717) is 16.4 Å².